The van der Waals surface area contributed by atoms with E-state index in [4.69, 9.17) is 4.98 Å². The molecule has 5 heteroatoms. The van der Waals surface area contributed by atoms with E-state index in [1.54, 1.807) is 0 Å². The summed E-state index contributed by atoms with van der Waals surface area (Å²) in [5.41, 5.74) is 5.03. The van der Waals surface area contributed by atoms with Crippen LogP contribution in [0.5, 0.6) is 0 Å². The zero-order valence-electron chi connectivity index (χ0n) is 15.3. The van der Waals surface area contributed by atoms with Gasteiger partial charge in [-0.05, 0) is 48.9 Å². The predicted octanol–water partition coefficient (Wildman–Crippen LogP) is 3.04. The minimum Gasteiger partial charge on any atom is -0.363 e. The summed E-state index contributed by atoms with van der Waals surface area (Å²) in [6.07, 6.45) is 8.77. The van der Waals surface area contributed by atoms with Crippen molar-refractivity contribution in [2.24, 2.45) is 0 Å². The number of nitrogens with zero attached hydrogens (tertiary/aromatic N) is 5. The van der Waals surface area contributed by atoms with Crippen molar-refractivity contribution in [1.29, 1.82) is 0 Å². The maximum atomic E-state index is 4.83. The van der Waals surface area contributed by atoms with Crippen LogP contribution in [-0.2, 0) is 18.5 Å². The molecule has 0 bridgehead atoms. The Hall–Kier alpha value is -2.79. The van der Waals surface area contributed by atoms with Gasteiger partial charge in [0, 0.05) is 49.8 Å². The molecule has 1 fully saturated rings. The summed E-state index contributed by atoms with van der Waals surface area (Å²) >= 11 is 0. The number of pyridine rings is 3. The van der Waals surface area contributed by atoms with Crippen LogP contribution in [-0.4, -0.2) is 39.5 Å². The van der Waals surface area contributed by atoms with E-state index in [-0.39, 0.29) is 5.41 Å². The number of fused-ring (bicyclic) bond motifs is 2. The Morgan fingerprint density at radius 2 is 1.81 bits per heavy atom. The van der Waals surface area contributed by atoms with Crippen LogP contribution in [0, 0.1) is 0 Å². The summed E-state index contributed by atoms with van der Waals surface area (Å²) in [6, 6.07) is 14.6. The van der Waals surface area contributed by atoms with Gasteiger partial charge in [0.25, 0.3) is 0 Å². The maximum Gasteiger partial charge on any atom is 0.0729 e. The molecule has 5 nitrogen and oxygen atoms in total. The fourth-order valence-corrected chi connectivity index (χ4v) is 4.58. The molecule has 5 heterocycles. The molecule has 5 rings (SSSR count). The predicted molar refractivity (Wildman–Crippen MR) is 105 cm³/mol. The van der Waals surface area contributed by atoms with Crippen LogP contribution in [0.3, 0.4) is 0 Å². The largest absolute Gasteiger partial charge is 0.363 e. The van der Waals surface area contributed by atoms with Crippen molar-refractivity contribution in [3.63, 3.8) is 0 Å². The van der Waals surface area contributed by atoms with Crippen molar-refractivity contribution in [2.75, 3.05) is 24.5 Å². The summed E-state index contributed by atoms with van der Waals surface area (Å²) in [7, 11) is 0. The normalized spacial score (nSPS) is 21.7. The number of anilines is 1. The van der Waals surface area contributed by atoms with Gasteiger partial charge in [-0.15, -0.1) is 0 Å². The molecule has 2 aliphatic heterocycles. The highest BCUT2D eigenvalue weighted by Gasteiger charge is 2.48. The number of hydrogen-bond acceptors (Lipinski definition) is 5. The van der Waals surface area contributed by atoms with Crippen molar-refractivity contribution in [3.8, 4) is 0 Å². The van der Waals surface area contributed by atoms with Crippen molar-refractivity contribution in [1.82, 2.24) is 19.9 Å². The Labute approximate surface area is 159 Å². The quantitative estimate of drug-likeness (QED) is 0.718. The van der Waals surface area contributed by atoms with E-state index in [9.17, 15) is 0 Å². The highest BCUT2D eigenvalue weighted by molar-refractivity contribution is 5.60. The lowest BCUT2D eigenvalue weighted by atomic mass is 9.85. The van der Waals surface area contributed by atoms with Crippen molar-refractivity contribution in [2.45, 2.75) is 24.9 Å². The van der Waals surface area contributed by atoms with Gasteiger partial charge in [0.2, 0.25) is 0 Å². The van der Waals surface area contributed by atoms with E-state index in [2.05, 4.69) is 44.0 Å². The van der Waals surface area contributed by atoms with Gasteiger partial charge in [0.1, 0.15) is 0 Å². The highest BCUT2D eigenvalue weighted by Crippen LogP contribution is 2.45. The number of hydrogen-bond donors (Lipinski definition) is 0. The van der Waals surface area contributed by atoms with E-state index in [0.29, 0.717) is 0 Å². The van der Waals surface area contributed by atoms with Gasteiger partial charge < -0.3 is 4.90 Å². The molecule has 2 aliphatic rings. The second kappa shape index (κ2) is 6.74. The first-order chi connectivity index (χ1) is 13.3. The van der Waals surface area contributed by atoms with Gasteiger partial charge in [-0.1, -0.05) is 12.1 Å². The zero-order valence-corrected chi connectivity index (χ0v) is 15.3. The Morgan fingerprint density at radius 3 is 2.67 bits per heavy atom. The fourth-order valence-electron chi connectivity index (χ4n) is 4.58. The molecule has 1 spiro atoms. The standard InChI is InChI=1S/C22H23N5/c1-2-10-24-19(6-1)15-27-17-22(21-20(27)7-4-11-25-21)8-12-26(16-22)14-18-5-3-9-23-13-18/h1-7,9-11,13H,8,12,14-17H2. The average Bonchev–Trinajstić information content (AvgIpc) is 3.25. The van der Waals surface area contributed by atoms with Gasteiger partial charge >= 0.3 is 0 Å². The van der Waals surface area contributed by atoms with E-state index >= 15 is 0 Å². The van der Waals surface area contributed by atoms with E-state index in [1.807, 2.05) is 43.0 Å². The fraction of sp³-hybridized carbons (Fsp3) is 0.318. The lowest BCUT2D eigenvalue weighted by molar-refractivity contribution is 0.305. The number of rotatable bonds is 4. The molecule has 0 radical (unpaired) electrons. The topological polar surface area (TPSA) is 45.2 Å². The van der Waals surface area contributed by atoms with Gasteiger partial charge in [0.15, 0.2) is 0 Å². The van der Waals surface area contributed by atoms with E-state index in [0.717, 1.165) is 44.8 Å². The SMILES string of the molecule is c1ccc(CN2CC3(CCN(Cc4cccnc4)C3)c3ncccc32)nc1. The summed E-state index contributed by atoms with van der Waals surface area (Å²) in [5.74, 6) is 0. The van der Waals surface area contributed by atoms with Crippen molar-refractivity contribution >= 4 is 5.69 Å². The molecule has 136 valence electrons. The molecular formula is C22H23N5. The second-order valence-electron chi connectivity index (χ2n) is 7.65. The molecular weight excluding hydrogens is 334 g/mol. The van der Waals surface area contributed by atoms with Gasteiger partial charge in [0.05, 0.1) is 23.6 Å². The zero-order chi connectivity index (χ0) is 18.1. The Morgan fingerprint density at radius 1 is 0.889 bits per heavy atom. The van der Waals surface area contributed by atoms with Gasteiger partial charge in [-0.2, -0.15) is 0 Å². The van der Waals surface area contributed by atoms with Crippen LogP contribution in [0.4, 0.5) is 5.69 Å². The Kier molecular flexibility index (Phi) is 4.09. The first-order valence-electron chi connectivity index (χ1n) is 9.54. The van der Waals surface area contributed by atoms with Crippen molar-refractivity contribution in [3.05, 3.63) is 84.2 Å². The molecule has 27 heavy (non-hydrogen) atoms. The molecule has 1 atom stereocenters. The Bertz CT molecular complexity index is 914. The minimum absolute atomic E-state index is 0.119. The number of aromatic nitrogens is 3. The van der Waals surface area contributed by atoms with E-state index < -0.39 is 0 Å². The first-order valence-corrected chi connectivity index (χ1v) is 9.54. The van der Waals surface area contributed by atoms with Gasteiger partial charge in [-0.25, -0.2) is 0 Å². The molecule has 0 saturated carbocycles. The Balaban J connectivity index is 1.39. The second-order valence-corrected chi connectivity index (χ2v) is 7.65. The smallest absolute Gasteiger partial charge is 0.0729 e. The van der Waals surface area contributed by atoms with Crippen LogP contribution in [0.1, 0.15) is 23.4 Å². The minimum atomic E-state index is 0.119. The highest BCUT2D eigenvalue weighted by atomic mass is 15.2. The van der Waals surface area contributed by atoms with Crippen LogP contribution >= 0.6 is 0 Å². The summed E-state index contributed by atoms with van der Waals surface area (Å²) in [5, 5.41) is 0. The van der Waals surface area contributed by atoms with Crippen LogP contribution < -0.4 is 4.90 Å². The molecule has 0 aliphatic carbocycles. The maximum absolute atomic E-state index is 4.83. The first kappa shape index (κ1) is 16.4. The molecule has 0 aromatic carbocycles. The summed E-state index contributed by atoms with van der Waals surface area (Å²) in [4.78, 5) is 18.6. The van der Waals surface area contributed by atoms with Crippen LogP contribution in [0.25, 0.3) is 0 Å². The van der Waals surface area contributed by atoms with Crippen LogP contribution in [0.15, 0.2) is 67.3 Å². The lowest BCUT2D eigenvalue weighted by Gasteiger charge is -2.25. The molecule has 1 saturated heterocycles. The van der Waals surface area contributed by atoms with E-state index in [1.165, 1.54) is 16.9 Å². The lowest BCUT2D eigenvalue weighted by Crippen LogP contribution is -2.36. The summed E-state index contributed by atoms with van der Waals surface area (Å²) in [6.45, 7) is 4.95. The summed E-state index contributed by atoms with van der Waals surface area (Å²) < 4.78 is 0. The number of likely N-dealkylation sites (tertiary alicyclic amines) is 1. The molecule has 0 amide bonds. The molecule has 3 aromatic rings. The third-order valence-electron chi connectivity index (χ3n) is 5.76. The molecule has 3 aromatic heterocycles. The molecule has 0 N–H and O–H groups in total. The van der Waals surface area contributed by atoms with Crippen molar-refractivity contribution < 1.29 is 0 Å². The van der Waals surface area contributed by atoms with Gasteiger partial charge in [-0.3, -0.25) is 19.9 Å². The third kappa shape index (κ3) is 3.08. The average molecular weight is 357 g/mol. The molecule has 1 unspecified atom stereocenters. The van der Waals surface area contributed by atoms with Crippen LogP contribution in [0.2, 0.25) is 0 Å². The monoisotopic (exact) mass is 357 g/mol. The third-order valence-corrected chi connectivity index (χ3v) is 5.76.